The van der Waals surface area contributed by atoms with Gasteiger partial charge in [0.25, 0.3) is 10.0 Å². The largest absolute Gasteiger partial charge is 0.383 e. The number of nitrogens with zero attached hydrogens (tertiary/aromatic N) is 2. The van der Waals surface area contributed by atoms with Crippen LogP contribution in [0.1, 0.15) is 0 Å². The molecule has 126 valence electrons. The highest BCUT2D eigenvalue weighted by Crippen LogP contribution is 2.22. The maximum absolute atomic E-state index is 13.3. The third kappa shape index (κ3) is 3.40. The smallest absolute Gasteiger partial charge is 0.252 e. The first-order valence-corrected chi connectivity index (χ1v) is 9.58. The Labute approximate surface area is 143 Å². The van der Waals surface area contributed by atoms with Gasteiger partial charge in [-0.3, -0.25) is 4.98 Å². The zero-order valence-corrected chi connectivity index (χ0v) is 14.6. The molecular formula is C16H16FN3O2S2. The molecule has 1 N–H and O–H groups in total. The normalized spacial score (nSPS) is 12.0. The lowest BCUT2D eigenvalue weighted by molar-refractivity contribution is 0.482. The number of aromatic nitrogens is 1. The van der Waals surface area contributed by atoms with Gasteiger partial charge in [-0.15, -0.1) is 11.3 Å². The second-order valence-corrected chi connectivity index (χ2v) is 8.42. The molecule has 2 aromatic heterocycles. The fraction of sp³-hybridized carbons (Fsp3) is 0.188. The van der Waals surface area contributed by atoms with E-state index in [1.807, 2.05) is 0 Å². The summed E-state index contributed by atoms with van der Waals surface area (Å²) >= 11 is 1.20. The number of sulfonamides is 1. The van der Waals surface area contributed by atoms with Crippen LogP contribution in [0.25, 0.3) is 10.9 Å². The fourth-order valence-corrected chi connectivity index (χ4v) is 4.68. The molecule has 0 radical (unpaired) electrons. The Hall–Kier alpha value is -2.03. The van der Waals surface area contributed by atoms with E-state index in [0.717, 1.165) is 11.1 Å². The molecule has 3 aromatic rings. The number of thiophene rings is 1. The number of likely N-dealkylation sites (N-methyl/N-ethyl adjacent to an activating group) is 1. The number of pyridine rings is 1. The van der Waals surface area contributed by atoms with Gasteiger partial charge in [0.15, 0.2) is 0 Å². The van der Waals surface area contributed by atoms with E-state index in [2.05, 4.69) is 10.3 Å². The van der Waals surface area contributed by atoms with Crippen molar-refractivity contribution < 1.29 is 12.8 Å². The molecule has 0 amide bonds. The van der Waals surface area contributed by atoms with E-state index in [9.17, 15) is 12.8 Å². The van der Waals surface area contributed by atoms with Gasteiger partial charge >= 0.3 is 0 Å². The van der Waals surface area contributed by atoms with Crippen molar-refractivity contribution in [1.82, 2.24) is 9.29 Å². The Balaban J connectivity index is 1.69. The minimum atomic E-state index is -3.45. The number of halogens is 1. The highest BCUT2D eigenvalue weighted by Gasteiger charge is 2.21. The molecule has 8 heteroatoms. The molecule has 0 aliphatic rings. The minimum Gasteiger partial charge on any atom is -0.383 e. The third-order valence-electron chi connectivity index (χ3n) is 3.61. The average molecular weight is 365 g/mol. The minimum absolute atomic E-state index is 0.311. The molecular weight excluding hydrogens is 349 g/mol. The van der Waals surface area contributed by atoms with Crippen molar-refractivity contribution in [2.45, 2.75) is 4.21 Å². The molecule has 0 saturated carbocycles. The van der Waals surface area contributed by atoms with E-state index in [1.165, 1.54) is 27.8 Å². The summed E-state index contributed by atoms with van der Waals surface area (Å²) < 4.78 is 39.6. The van der Waals surface area contributed by atoms with Crippen molar-refractivity contribution in [3.05, 3.63) is 53.8 Å². The number of hydrogen-bond donors (Lipinski definition) is 1. The second-order valence-electron chi connectivity index (χ2n) is 5.21. The molecule has 0 atom stereocenters. The molecule has 1 aromatic carbocycles. The summed E-state index contributed by atoms with van der Waals surface area (Å²) in [5, 5.41) is 5.72. The van der Waals surface area contributed by atoms with Crippen molar-refractivity contribution in [3.8, 4) is 0 Å². The lowest BCUT2D eigenvalue weighted by atomic mass is 10.2. The van der Waals surface area contributed by atoms with Gasteiger partial charge in [0, 0.05) is 43.5 Å². The average Bonchev–Trinajstić information content (AvgIpc) is 3.09. The zero-order chi connectivity index (χ0) is 17.2. The summed E-state index contributed by atoms with van der Waals surface area (Å²) in [4.78, 5) is 4.13. The molecule has 0 fully saturated rings. The summed E-state index contributed by atoms with van der Waals surface area (Å²) in [6.07, 6.45) is 1.59. The van der Waals surface area contributed by atoms with Crippen LogP contribution < -0.4 is 5.32 Å². The van der Waals surface area contributed by atoms with Crippen molar-refractivity contribution in [3.63, 3.8) is 0 Å². The molecule has 0 unspecified atom stereocenters. The number of fused-ring (bicyclic) bond motifs is 1. The van der Waals surface area contributed by atoms with E-state index >= 15 is 0 Å². The summed E-state index contributed by atoms with van der Waals surface area (Å²) in [5.74, 6) is -0.339. The topological polar surface area (TPSA) is 62.3 Å². The number of nitrogens with one attached hydrogen (secondary N) is 1. The standard InChI is InChI=1S/C16H16FN3O2S2/c1-20(24(21,22)16-3-2-10-23-16)9-8-19-14-6-7-18-15-11-12(17)4-5-13(14)15/h2-7,10-11H,8-9H2,1H3,(H,18,19). The molecule has 0 bridgehead atoms. The van der Waals surface area contributed by atoms with Crippen LogP contribution in [-0.4, -0.2) is 37.8 Å². The van der Waals surface area contributed by atoms with Gasteiger partial charge in [-0.2, -0.15) is 4.31 Å². The maximum Gasteiger partial charge on any atom is 0.252 e. The molecule has 0 aliphatic carbocycles. The van der Waals surface area contributed by atoms with Crippen LogP contribution >= 0.6 is 11.3 Å². The van der Waals surface area contributed by atoms with Crippen molar-refractivity contribution in [2.24, 2.45) is 0 Å². The Morgan fingerprint density at radius 2 is 2.12 bits per heavy atom. The van der Waals surface area contributed by atoms with Gasteiger partial charge < -0.3 is 5.32 Å². The number of benzene rings is 1. The predicted molar refractivity (Wildman–Crippen MR) is 94.3 cm³/mol. The highest BCUT2D eigenvalue weighted by molar-refractivity contribution is 7.91. The molecule has 2 heterocycles. The van der Waals surface area contributed by atoms with E-state index in [0.29, 0.717) is 22.8 Å². The second kappa shape index (κ2) is 6.84. The zero-order valence-electron chi connectivity index (χ0n) is 12.9. The van der Waals surface area contributed by atoms with Crippen LogP contribution in [0.2, 0.25) is 0 Å². The predicted octanol–water partition coefficient (Wildman–Crippen LogP) is 3.17. The Bertz CT molecular complexity index is 943. The lowest BCUT2D eigenvalue weighted by Gasteiger charge is -2.17. The molecule has 5 nitrogen and oxygen atoms in total. The quantitative estimate of drug-likeness (QED) is 0.729. The van der Waals surface area contributed by atoms with E-state index in [-0.39, 0.29) is 5.82 Å². The summed E-state index contributed by atoms with van der Waals surface area (Å²) in [7, 11) is -1.90. The number of rotatable bonds is 6. The number of anilines is 1. The van der Waals surface area contributed by atoms with Gasteiger partial charge in [-0.25, -0.2) is 12.8 Å². The molecule has 0 aliphatic heterocycles. The van der Waals surface area contributed by atoms with Crippen LogP contribution in [0.5, 0.6) is 0 Å². The first-order chi connectivity index (χ1) is 11.5. The first kappa shape index (κ1) is 16.8. The third-order valence-corrected chi connectivity index (χ3v) is 6.84. The molecule has 0 spiro atoms. The summed E-state index contributed by atoms with van der Waals surface area (Å²) in [5.41, 5.74) is 1.35. The summed E-state index contributed by atoms with van der Waals surface area (Å²) in [6, 6.07) is 9.50. The summed E-state index contributed by atoms with van der Waals surface area (Å²) in [6.45, 7) is 0.739. The fourth-order valence-electron chi connectivity index (χ4n) is 2.31. The van der Waals surface area contributed by atoms with Crippen molar-refractivity contribution in [2.75, 3.05) is 25.5 Å². The first-order valence-electron chi connectivity index (χ1n) is 7.26. The van der Waals surface area contributed by atoms with Crippen LogP contribution in [0.15, 0.2) is 52.2 Å². The highest BCUT2D eigenvalue weighted by atomic mass is 32.2. The molecule has 24 heavy (non-hydrogen) atoms. The van der Waals surface area contributed by atoms with Crippen LogP contribution in [0.4, 0.5) is 10.1 Å². The van der Waals surface area contributed by atoms with Gasteiger partial charge in [0.2, 0.25) is 0 Å². The van der Waals surface area contributed by atoms with Crippen molar-refractivity contribution in [1.29, 1.82) is 0 Å². The van der Waals surface area contributed by atoms with Crippen LogP contribution in [-0.2, 0) is 10.0 Å². The Morgan fingerprint density at radius 3 is 2.88 bits per heavy atom. The van der Waals surface area contributed by atoms with Crippen LogP contribution in [0.3, 0.4) is 0 Å². The lowest BCUT2D eigenvalue weighted by Crippen LogP contribution is -2.31. The molecule has 0 saturated heterocycles. The van der Waals surface area contributed by atoms with E-state index in [4.69, 9.17) is 0 Å². The van der Waals surface area contributed by atoms with E-state index < -0.39 is 10.0 Å². The monoisotopic (exact) mass is 365 g/mol. The maximum atomic E-state index is 13.3. The Kier molecular flexibility index (Phi) is 4.79. The van der Waals surface area contributed by atoms with Crippen LogP contribution in [0, 0.1) is 5.82 Å². The Morgan fingerprint density at radius 1 is 1.29 bits per heavy atom. The SMILES string of the molecule is CN(CCNc1ccnc2cc(F)ccc12)S(=O)(=O)c1cccs1. The number of hydrogen-bond acceptors (Lipinski definition) is 5. The van der Waals surface area contributed by atoms with Gasteiger partial charge in [0.1, 0.15) is 10.0 Å². The van der Waals surface area contributed by atoms with Crippen molar-refractivity contribution >= 4 is 38.0 Å². The molecule has 3 rings (SSSR count). The van der Waals surface area contributed by atoms with E-state index in [1.54, 1.807) is 42.9 Å². The van der Waals surface area contributed by atoms with Gasteiger partial charge in [-0.05, 0) is 29.6 Å². The van der Waals surface area contributed by atoms with Gasteiger partial charge in [-0.1, -0.05) is 6.07 Å². The van der Waals surface area contributed by atoms with Gasteiger partial charge in [0.05, 0.1) is 5.52 Å².